The zero-order valence-corrected chi connectivity index (χ0v) is 14.2. The topological polar surface area (TPSA) is 94.3 Å². The van der Waals surface area contributed by atoms with Crippen LogP contribution in [-0.2, 0) is 14.3 Å². The quantitative estimate of drug-likeness (QED) is 0.254. The summed E-state index contributed by atoms with van der Waals surface area (Å²) >= 11 is 0. The molecule has 0 unspecified atom stereocenters. The number of benzene rings is 1. The molecule has 0 saturated carbocycles. The summed E-state index contributed by atoms with van der Waals surface area (Å²) in [6.07, 6.45) is 0.609. The fourth-order valence-corrected chi connectivity index (χ4v) is 2.02. The van der Waals surface area contributed by atoms with E-state index in [0.717, 1.165) is 0 Å². The smallest absolute Gasteiger partial charge is 0.379 e. The third-order valence-electron chi connectivity index (χ3n) is 3.32. The lowest BCUT2D eigenvalue weighted by atomic mass is 10.0. The predicted molar refractivity (Wildman–Crippen MR) is 88.1 cm³/mol. The first kappa shape index (κ1) is 20.8. The number of carbonyl (C=O) groups excluding carboxylic acids is 2. The second kappa shape index (κ2) is 8.46. The van der Waals surface area contributed by atoms with Gasteiger partial charge in [-0.05, 0) is 13.0 Å². The average Bonchev–Trinajstić information content (AvgIpc) is 2.63. The van der Waals surface area contributed by atoms with Gasteiger partial charge in [0.25, 0.3) is 5.78 Å². The average molecular weight is 401 g/mol. The van der Waals surface area contributed by atoms with Crippen molar-refractivity contribution in [1.82, 2.24) is 4.98 Å². The molecule has 0 fully saturated rings. The van der Waals surface area contributed by atoms with Crippen LogP contribution in [0.25, 0.3) is 5.57 Å². The van der Waals surface area contributed by atoms with Crippen molar-refractivity contribution >= 4 is 29.0 Å². The molecule has 11 heteroatoms. The van der Waals surface area contributed by atoms with Crippen LogP contribution in [-0.4, -0.2) is 23.3 Å². The summed E-state index contributed by atoms with van der Waals surface area (Å²) in [5.74, 6) is -11.0. The van der Waals surface area contributed by atoms with E-state index in [4.69, 9.17) is 5.73 Å². The van der Waals surface area contributed by atoms with Crippen LogP contribution in [0.4, 0.5) is 33.6 Å². The Bertz CT molecular complexity index is 979. The van der Waals surface area contributed by atoms with Gasteiger partial charge in [-0.25, -0.2) is 31.7 Å². The van der Waals surface area contributed by atoms with Crippen LogP contribution in [0.3, 0.4) is 0 Å². The van der Waals surface area contributed by atoms with Crippen molar-refractivity contribution in [2.75, 3.05) is 17.7 Å². The molecule has 6 nitrogen and oxygen atoms in total. The number of esters is 1. The van der Waals surface area contributed by atoms with Crippen molar-refractivity contribution < 1.29 is 36.3 Å². The molecule has 0 aliphatic carbocycles. The largest absolute Gasteiger partial charge is 0.460 e. The Morgan fingerprint density at radius 2 is 1.64 bits per heavy atom. The van der Waals surface area contributed by atoms with Crippen molar-refractivity contribution in [3.8, 4) is 0 Å². The number of nitrogens with two attached hydrogens (primary N) is 1. The maximum absolute atomic E-state index is 14.1. The van der Waals surface area contributed by atoms with Crippen LogP contribution in [0.1, 0.15) is 12.5 Å². The summed E-state index contributed by atoms with van der Waals surface area (Å²) in [4.78, 5) is 27.3. The SMILES string of the molecule is CCOC(=O)C(=O)/C(=C/Nc1nc(N)c(F)cc1F)c1cc(F)c(F)cc1F. The van der Waals surface area contributed by atoms with Gasteiger partial charge in [-0.2, -0.15) is 0 Å². The van der Waals surface area contributed by atoms with Gasteiger partial charge >= 0.3 is 5.97 Å². The van der Waals surface area contributed by atoms with Gasteiger partial charge in [0.1, 0.15) is 5.82 Å². The van der Waals surface area contributed by atoms with Gasteiger partial charge in [-0.1, -0.05) is 0 Å². The van der Waals surface area contributed by atoms with Gasteiger partial charge in [-0.15, -0.1) is 0 Å². The Labute approximate surface area is 154 Å². The lowest BCUT2D eigenvalue weighted by Crippen LogP contribution is -2.20. The first-order valence-electron chi connectivity index (χ1n) is 7.60. The van der Waals surface area contributed by atoms with Crippen molar-refractivity contribution in [3.63, 3.8) is 0 Å². The molecule has 1 aromatic heterocycles. The molecule has 2 aromatic rings. The lowest BCUT2D eigenvalue weighted by molar-refractivity contribution is -0.150. The molecule has 148 valence electrons. The molecule has 0 saturated heterocycles. The van der Waals surface area contributed by atoms with E-state index in [1.54, 1.807) is 0 Å². The highest BCUT2D eigenvalue weighted by Crippen LogP contribution is 2.24. The number of hydrogen-bond donors (Lipinski definition) is 2. The fraction of sp³-hybridized carbons (Fsp3) is 0.118. The number of rotatable bonds is 6. The number of ketones is 1. The first-order chi connectivity index (χ1) is 13.1. The molecule has 0 spiro atoms. The maximum Gasteiger partial charge on any atom is 0.379 e. The number of nitrogens with one attached hydrogen (secondary N) is 1. The number of pyridine rings is 1. The number of nitrogen functional groups attached to an aromatic ring is 1. The Balaban J connectivity index is 2.54. The van der Waals surface area contributed by atoms with Crippen molar-refractivity contribution in [2.24, 2.45) is 0 Å². The third kappa shape index (κ3) is 4.42. The van der Waals surface area contributed by atoms with Crippen molar-refractivity contribution in [3.05, 3.63) is 59.0 Å². The fourth-order valence-electron chi connectivity index (χ4n) is 2.02. The van der Waals surface area contributed by atoms with Crippen LogP contribution in [0, 0.1) is 29.1 Å². The number of nitrogens with zero attached hydrogens (tertiary/aromatic N) is 1. The van der Waals surface area contributed by atoms with E-state index < -0.39 is 63.6 Å². The summed E-state index contributed by atoms with van der Waals surface area (Å²) in [5.41, 5.74) is 3.58. The van der Waals surface area contributed by atoms with Crippen LogP contribution in [0.15, 0.2) is 24.4 Å². The van der Waals surface area contributed by atoms with E-state index >= 15 is 0 Å². The van der Waals surface area contributed by atoms with Crippen LogP contribution < -0.4 is 11.1 Å². The maximum atomic E-state index is 14.1. The lowest BCUT2D eigenvalue weighted by Gasteiger charge is -2.10. The van der Waals surface area contributed by atoms with Crippen LogP contribution in [0.5, 0.6) is 0 Å². The predicted octanol–water partition coefficient (Wildman–Crippen LogP) is 2.94. The van der Waals surface area contributed by atoms with Gasteiger partial charge in [-0.3, -0.25) is 4.79 Å². The molecule has 0 amide bonds. The number of carbonyl (C=O) groups is 2. The molecule has 28 heavy (non-hydrogen) atoms. The van der Waals surface area contributed by atoms with Crippen LogP contribution >= 0.6 is 0 Å². The summed E-state index contributed by atoms with van der Waals surface area (Å²) in [5, 5.41) is 2.11. The highest BCUT2D eigenvalue weighted by atomic mass is 19.2. The zero-order valence-electron chi connectivity index (χ0n) is 14.2. The van der Waals surface area contributed by atoms with Crippen molar-refractivity contribution in [1.29, 1.82) is 0 Å². The molecule has 1 heterocycles. The summed E-state index contributed by atoms with van der Waals surface area (Å²) in [6, 6.07) is 0.882. The first-order valence-corrected chi connectivity index (χ1v) is 7.60. The second-order valence-corrected chi connectivity index (χ2v) is 5.18. The molecule has 0 atom stereocenters. The monoisotopic (exact) mass is 401 g/mol. The number of Topliss-reactive ketones (excluding diaryl/α,β-unsaturated/α-hetero) is 1. The molecule has 0 aliphatic heterocycles. The number of halogens is 5. The Morgan fingerprint density at radius 1 is 1.04 bits per heavy atom. The normalized spacial score (nSPS) is 11.3. The zero-order chi connectivity index (χ0) is 21.0. The van der Waals surface area contributed by atoms with E-state index in [-0.39, 0.29) is 12.7 Å². The van der Waals surface area contributed by atoms with E-state index in [1.807, 2.05) is 0 Å². The molecular formula is C17H12F5N3O3. The van der Waals surface area contributed by atoms with E-state index in [9.17, 15) is 31.5 Å². The molecule has 0 bridgehead atoms. The second-order valence-electron chi connectivity index (χ2n) is 5.18. The molecule has 3 N–H and O–H groups in total. The minimum atomic E-state index is -1.53. The number of aromatic nitrogens is 1. The number of hydrogen-bond acceptors (Lipinski definition) is 6. The highest BCUT2D eigenvalue weighted by molar-refractivity contribution is 6.51. The summed E-state index contributed by atoms with van der Waals surface area (Å²) in [6.45, 7) is 1.20. The van der Waals surface area contributed by atoms with Gasteiger partial charge in [0.2, 0.25) is 0 Å². The molecule has 0 radical (unpaired) electrons. The van der Waals surface area contributed by atoms with Gasteiger partial charge < -0.3 is 15.8 Å². The van der Waals surface area contributed by atoms with E-state index in [2.05, 4.69) is 15.0 Å². The van der Waals surface area contributed by atoms with Gasteiger partial charge in [0, 0.05) is 23.9 Å². The minimum Gasteiger partial charge on any atom is -0.460 e. The Hall–Kier alpha value is -3.50. The van der Waals surface area contributed by atoms with Gasteiger partial charge in [0.15, 0.2) is 34.9 Å². The standard InChI is InChI=1S/C17H12F5N3O3/c1-2-28-17(27)14(26)8(7-3-10(19)11(20)4-9(7)18)6-24-16-13(22)5-12(21)15(23)25-16/h3-6H,2H2,1H3,(H3,23,24,25)/b8-6+. The number of anilines is 2. The summed E-state index contributed by atoms with van der Waals surface area (Å²) in [7, 11) is 0. The summed E-state index contributed by atoms with van der Waals surface area (Å²) < 4.78 is 72.2. The molecule has 1 aromatic carbocycles. The molecule has 2 rings (SSSR count). The van der Waals surface area contributed by atoms with E-state index in [1.165, 1.54) is 6.92 Å². The van der Waals surface area contributed by atoms with E-state index in [0.29, 0.717) is 18.3 Å². The highest BCUT2D eigenvalue weighted by Gasteiger charge is 2.26. The Kier molecular flexibility index (Phi) is 6.29. The third-order valence-corrected chi connectivity index (χ3v) is 3.32. The molecule has 0 aliphatic rings. The van der Waals surface area contributed by atoms with Gasteiger partial charge in [0.05, 0.1) is 12.2 Å². The van der Waals surface area contributed by atoms with Crippen molar-refractivity contribution in [2.45, 2.75) is 6.92 Å². The minimum absolute atomic E-state index is 0.158. The van der Waals surface area contributed by atoms with Crippen LogP contribution in [0.2, 0.25) is 0 Å². The number of ether oxygens (including phenoxy) is 1. The Morgan fingerprint density at radius 3 is 2.29 bits per heavy atom. The molecular weight excluding hydrogens is 389 g/mol.